The van der Waals surface area contributed by atoms with Gasteiger partial charge in [-0.3, -0.25) is 4.79 Å². The smallest absolute Gasteiger partial charge is 0.163 e. The summed E-state index contributed by atoms with van der Waals surface area (Å²) in [6, 6.07) is 13.5. The van der Waals surface area contributed by atoms with Gasteiger partial charge in [0.25, 0.3) is 0 Å². The number of aromatic hydroxyl groups is 1. The van der Waals surface area contributed by atoms with Gasteiger partial charge in [0.2, 0.25) is 0 Å². The Hall–Kier alpha value is -2.09. The fraction of sp³-hybridized carbons (Fsp3) is 0.235. The number of phenols is 1. The molecule has 0 saturated carbocycles. The lowest BCUT2D eigenvalue weighted by Gasteiger charge is -2.19. The molecule has 0 heterocycles. The number of phenolic OH excluding ortho intramolecular Hbond substituents is 1. The van der Waals surface area contributed by atoms with Crippen molar-refractivity contribution in [1.29, 1.82) is 0 Å². The minimum absolute atomic E-state index is 0.204. The highest BCUT2D eigenvalue weighted by Gasteiger charge is 2.21. The third kappa shape index (κ3) is 2.26. The van der Waals surface area contributed by atoms with Crippen molar-refractivity contribution in [3.05, 3.63) is 64.7 Å². The Balaban J connectivity index is 2.05. The number of carbonyl (C=O) groups excluding carboxylic acids is 1. The van der Waals surface area contributed by atoms with Crippen LogP contribution >= 0.6 is 0 Å². The van der Waals surface area contributed by atoms with Crippen molar-refractivity contribution in [2.75, 3.05) is 0 Å². The van der Waals surface area contributed by atoms with Gasteiger partial charge in [0.15, 0.2) is 5.78 Å². The first-order valence-electron chi connectivity index (χ1n) is 6.66. The maximum absolute atomic E-state index is 11.9. The maximum Gasteiger partial charge on any atom is 0.163 e. The molecule has 0 unspecified atom stereocenters. The Bertz CT molecular complexity index is 615. The molecule has 0 amide bonds. The number of carbonyl (C=O) groups is 1. The van der Waals surface area contributed by atoms with Crippen molar-refractivity contribution in [3.8, 4) is 5.75 Å². The summed E-state index contributed by atoms with van der Waals surface area (Å²) in [6.45, 7) is 0. The molecule has 3 rings (SSSR count). The van der Waals surface area contributed by atoms with Crippen LogP contribution in [0.5, 0.6) is 5.75 Å². The van der Waals surface area contributed by atoms with Crippen LogP contribution in [0.4, 0.5) is 0 Å². The number of benzene rings is 2. The van der Waals surface area contributed by atoms with Gasteiger partial charge in [0.1, 0.15) is 5.75 Å². The van der Waals surface area contributed by atoms with Gasteiger partial charge in [-0.05, 0) is 36.1 Å². The van der Waals surface area contributed by atoms with E-state index in [1.165, 1.54) is 0 Å². The van der Waals surface area contributed by atoms with Crippen molar-refractivity contribution < 1.29 is 9.90 Å². The third-order valence-electron chi connectivity index (χ3n) is 3.76. The van der Waals surface area contributed by atoms with E-state index in [9.17, 15) is 9.90 Å². The Morgan fingerprint density at radius 2 is 1.79 bits per heavy atom. The summed E-state index contributed by atoms with van der Waals surface area (Å²) in [4.78, 5) is 11.9. The lowest BCUT2D eigenvalue weighted by molar-refractivity contribution is 0.0972. The molecule has 19 heavy (non-hydrogen) atoms. The molecule has 2 heteroatoms. The van der Waals surface area contributed by atoms with E-state index in [4.69, 9.17) is 0 Å². The van der Waals surface area contributed by atoms with Gasteiger partial charge < -0.3 is 5.11 Å². The highest BCUT2D eigenvalue weighted by atomic mass is 16.3. The van der Waals surface area contributed by atoms with E-state index < -0.39 is 0 Å². The van der Waals surface area contributed by atoms with Crippen molar-refractivity contribution in [3.63, 3.8) is 0 Å². The second-order valence-corrected chi connectivity index (χ2v) is 5.03. The highest BCUT2D eigenvalue weighted by Crippen LogP contribution is 2.32. The average Bonchev–Trinajstić information content (AvgIpc) is 2.43. The number of hydrogen-bond acceptors (Lipinski definition) is 2. The van der Waals surface area contributed by atoms with Crippen LogP contribution in [0.25, 0.3) is 0 Å². The molecule has 0 aromatic heterocycles. The summed E-state index contributed by atoms with van der Waals surface area (Å²) >= 11 is 0. The molecular formula is C17H16O2. The van der Waals surface area contributed by atoms with Crippen LogP contribution in [-0.4, -0.2) is 10.9 Å². The number of Topliss-reactive ketones (excluding diaryl/α,β-unsaturated/α-hetero) is 1. The van der Waals surface area contributed by atoms with Crippen molar-refractivity contribution >= 4 is 5.78 Å². The summed E-state index contributed by atoms with van der Waals surface area (Å²) in [5.41, 5.74) is 3.91. The second-order valence-electron chi connectivity index (χ2n) is 5.03. The number of ketones is 1. The first kappa shape index (κ1) is 12.0. The number of hydrogen-bond donors (Lipinski definition) is 1. The van der Waals surface area contributed by atoms with Gasteiger partial charge in [-0.25, -0.2) is 0 Å². The standard InChI is InChI=1S/C17H16O2/c18-16-8-4-7-13-14(16)9-10-17(19)15(13)11-12-5-2-1-3-6-12/h1-3,5-6,9-10,19H,4,7-8,11H2. The van der Waals surface area contributed by atoms with Gasteiger partial charge in [0.05, 0.1) is 0 Å². The maximum atomic E-state index is 11.9. The van der Waals surface area contributed by atoms with Crippen LogP contribution in [0.1, 0.15) is 39.9 Å². The molecule has 1 aliphatic rings. The summed E-state index contributed by atoms with van der Waals surface area (Å²) in [6.07, 6.45) is 3.08. The highest BCUT2D eigenvalue weighted by molar-refractivity contribution is 5.99. The fourth-order valence-electron chi connectivity index (χ4n) is 2.79. The Labute approximate surface area is 112 Å². The van der Waals surface area contributed by atoms with Crippen LogP contribution in [-0.2, 0) is 12.8 Å². The Kier molecular flexibility index (Phi) is 3.08. The lowest BCUT2D eigenvalue weighted by atomic mass is 9.85. The van der Waals surface area contributed by atoms with Gasteiger partial charge in [-0.1, -0.05) is 30.3 Å². The lowest BCUT2D eigenvalue weighted by Crippen LogP contribution is -2.13. The zero-order valence-corrected chi connectivity index (χ0v) is 10.7. The summed E-state index contributed by atoms with van der Waals surface area (Å²) in [5.74, 6) is 0.507. The van der Waals surface area contributed by atoms with E-state index in [0.29, 0.717) is 18.6 Å². The monoisotopic (exact) mass is 252 g/mol. The molecular weight excluding hydrogens is 236 g/mol. The molecule has 2 aromatic carbocycles. The van der Waals surface area contributed by atoms with Crippen LogP contribution < -0.4 is 0 Å². The second kappa shape index (κ2) is 4.88. The minimum Gasteiger partial charge on any atom is -0.508 e. The van der Waals surface area contributed by atoms with Crippen LogP contribution in [0.3, 0.4) is 0 Å². The molecule has 96 valence electrons. The van der Waals surface area contributed by atoms with Crippen molar-refractivity contribution in [2.24, 2.45) is 0 Å². The van der Waals surface area contributed by atoms with Gasteiger partial charge in [-0.2, -0.15) is 0 Å². The molecule has 0 atom stereocenters. The van der Waals surface area contributed by atoms with Crippen molar-refractivity contribution in [2.45, 2.75) is 25.7 Å². The Morgan fingerprint density at radius 3 is 2.58 bits per heavy atom. The topological polar surface area (TPSA) is 37.3 Å². The first-order chi connectivity index (χ1) is 9.25. The van der Waals surface area contributed by atoms with E-state index in [2.05, 4.69) is 0 Å². The molecule has 2 aromatic rings. The van der Waals surface area contributed by atoms with E-state index in [-0.39, 0.29) is 5.78 Å². The number of fused-ring (bicyclic) bond motifs is 1. The quantitative estimate of drug-likeness (QED) is 0.888. The molecule has 0 bridgehead atoms. The average molecular weight is 252 g/mol. The fourth-order valence-corrected chi connectivity index (χ4v) is 2.79. The summed E-state index contributed by atoms with van der Waals surface area (Å²) in [5, 5.41) is 10.1. The van der Waals surface area contributed by atoms with Crippen LogP contribution in [0, 0.1) is 0 Å². The van der Waals surface area contributed by atoms with Gasteiger partial charge in [0, 0.05) is 24.0 Å². The zero-order chi connectivity index (χ0) is 13.2. The number of rotatable bonds is 2. The minimum atomic E-state index is 0.204. The molecule has 1 N–H and O–H groups in total. The molecule has 1 aliphatic carbocycles. The predicted octanol–water partition coefficient (Wildman–Crippen LogP) is 3.50. The van der Waals surface area contributed by atoms with Crippen molar-refractivity contribution in [1.82, 2.24) is 0 Å². The Morgan fingerprint density at radius 1 is 1.00 bits per heavy atom. The van der Waals surface area contributed by atoms with E-state index in [1.807, 2.05) is 30.3 Å². The molecule has 0 fully saturated rings. The predicted molar refractivity (Wildman–Crippen MR) is 74.6 cm³/mol. The summed E-state index contributed by atoms with van der Waals surface area (Å²) < 4.78 is 0. The molecule has 0 aliphatic heterocycles. The van der Waals surface area contributed by atoms with Gasteiger partial charge >= 0.3 is 0 Å². The summed E-state index contributed by atoms with van der Waals surface area (Å²) in [7, 11) is 0. The molecule has 0 saturated heterocycles. The van der Waals surface area contributed by atoms with Gasteiger partial charge in [-0.15, -0.1) is 0 Å². The SMILES string of the molecule is O=C1CCCc2c1ccc(O)c2Cc1ccccc1. The first-order valence-corrected chi connectivity index (χ1v) is 6.66. The zero-order valence-electron chi connectivity index (χ0n) is 10.7. The van der Waals surface area contributed by atoms with Crippen LogP contribution in [0.2, 0.25) is 0 Å². The molecule has 2 nitrogen and oxygen atoms in total. The third-order valence-corrected chi connectivity index (χ3v) is 3.76. The van der Waals surface area contributed by atoms with E-state index in [0.717, 1.165) is 35.1 Å². The van der Waals surface area contributed by atoms with Crippen LogP contribution in [0.15, 0.2) is 42.5 Å². The van der Waals surface area contributed by atoms with E-state index in [1.54, 1.807) is 12.1 Å². The normalized spacial score (nSPS) is 14.2. The molecule has 0 spiro atoms. The largest absolute Gasteiger partial charge is 0.508 e. The molecule has 0 radical (unpaired) electrons. The van der Waals surface area contributed by atoms with E-state index >= 15 is 0 Å².